The molecule has 1 aliphatic rings. The number of ether oxygens (including phenoxy) is 1. The van der Waals surface area contributed by atoms with E-state index in [1.54, 1.807) is 7.11 Å². The van der Waals surface area contributed by atoms with Crippen molar-refractivity contribution in [3.05, 3.63) is 51.9 Å². The van der Waals surface area contributed by atoms with Crippen molar-refractivity contribution in [3.63, 3.8) is 0 Å². The summed E-state index contributed by atoms with van der Waals surface area (Å²) < 4.78 is 6.43. The SMILES string of the molecule is COc1cccc(CNC(=O)c2cnc3sc(N4CCCCCC4)nn3c2=O)c1. The van der Waals surface area contributed by atoms with Crippen molar-refractivity contribution in [2.45, 2.75) is 32.2 Å². The van der Waals surface area contributed by atoms with Gasteiger partial charge in [0.25, 0.3) is 11.5 Å². The third-order valence-corrected chi connectivity index (χ3v) is 5.97. The molecule has 3 aromatic rings. The lowest BCUT2D eigenvalue weighted by atomic mass is 10.2. The first-order valence-electron chi connectivity index (χ1n) is 9.70. The van der Waals surface area contributed by atoms with Gasteiger partial charge in [-0.2, -0.15) is 4.52 Å². The van der Waals surface area contributed by atoms with Gasteiger partial charge in [0.05, 0.1) is 7.11 Å². The Bertz CT molecular complexity index is 1070. The predicted molar refractivity (Wildman–Crippen MR) is 112 cm³/mol. The highest BCUT2D eigenvalue weighted by Gasteiger charge is 2.19. The fourth-order valence-electron chi connectivity index (χ4n) is 3.38. The van der Waals surface area contributed by atoms with Crippen LogP contribution in [0.25, 0.3) is 4.96 Å². The number of carbonyl (C=O) groups excluding carboxylic acids is 1. The molecule has 1 saturated heterocycles. The molecule has 1 aromatic carbocycles. The van der Waals surface area contributed by atoms with Crippen LogP contribution in [0.3, 0.4) is 0 Å². The van der Waals surface area contributed by atoms with Crippen LogP contribution in [-0.4, -0.2) is 40.7 Å². The Morgan fingerprint density at radius 3 is 2.79 bits per heavy atom. The molecule has 1 fully saturated rings. The molecule has 1 N–H and O–H groups in total. The molecule has 8 nitrogen and oxygen atoms in total. The van der Waals surface area contributed by atoms with E-state index in [-0.39, 0.29) is 12.1 Å². The number of methoxy groups -OCH3 is 1. The van der Waals surface area contributed by atoms with E-state index < -0.39 is 11.5 Å². The molecule has 3 heterocycles. The maximum atomic E-state index is 12.8. The Hall–Kier alpha value is -2.94. The number of hydrogen-bond donors (Lipinski definition) is 1. The zero-order chi connectivity index (χ0) is 20.2. The molecule has 0 saturated carbocycles. The fraction of sp³-hybridized carbons (Fsp3) is 0.400. The zero-order valence-electron chi connectivity index (χ0n) is 16.3. The van der Waals surface area contributed by atoms with Gasteiger partial charge in [-0.1, -0.05) is 36.3 Å². The third kappa shape index (κ3) is 4.24. The average molecular weight is 414 g/mol. The zero-order valence-corrected chi connectivity index (χ0v) is 17.1. The number of rotatable bonds is 5. The lowest BCUT2D eigenvalue weighted by Gasteiger charge is -2.17. The maximum Gasteiger partial charge on any atom is 0.288 e. The second-order valence-corrected chi connectivity index (χ2v) is 7.93. The molecule has 0 aliphatic carbocycles. The topological polar surface area (TPSA) is 88.8 Å². The minimum absolute atomic E-state index is 0.0156. The van der Waals surface area contributed by atoms with E-state index in [0.717, 1.165) is 36.6 Å². The molecule has 0 radical (unpaired) electrons. The van der Waals surface area contributed by atoms with Crippen LogP contribution in [0.2, 0.25) is 0 Å². The number of hydrogen-bond acceptors (Lipinski definition) is 7. The number of carbonyl (C=O) groups is 1. The van der Waals surface area contributed by atoms with E-state index in [9.17, 15) is 9.59 Å². The lowest BCUT2D eigenvalue weighted by Crippen LogP contribution is -2.31. The van der Waals surface area contributed by atoms with Crippen LogP contribution in [0, 0.1) is 0 Å². The van der Waals surface area contributed by atoms with Crippen LogP contribution in [0.15, 0.2) is 35.3 Å². The van der Waals surface area contributed by atoms with Crippen LogP contribution in [0.1, 0.15) is 41.6 Å². The van der Waals surface area contributed by atoms with Crippen LogP contribution in [0.5, 0.6) is 5.75 Å². The number of aromatic nitrogens is 3. The van der Waals surface area contributed by atoms with E-state index in [4.69, 9.17) is 4.74 Å². The number of nitrogens with one attached hydrogen (secondary N) is 1. The summed E-state index contributed by atoms with van der Waals surface area (Å²) in [6, 6.07) is 7.40. The van der Waals surface area contributed by atoms with Crippen LogP contribution >= 0.6 is 11.3 Å². The molecule has 0 unspecified atom stereocenters. The van der Waals surface area contributed by atoms with Crippen molar-refractivity contribution in [2.24, 2.45) is 0 Å². The number of nitrogens with zero attached hydrogens (tertiary/aromatic N) is 4. The summed E-state index contributed by atoms with van der Waals surface area (Å²) >= 11 is 1.38. The van der Waals surface area contributed by atoms with Crippen molar-refractivity contribution < 1.29 is 9.53 Å². The molecule has 2 aromatic heterocycles. The Morgan fingerprint density at radius 1 is 1.24 bits per heavy atom. The van der Waals surface area contributed by atoms with Crippen LogP contribution in [0.4, 0.5) is 5.13 Å². The average Bonchev–Trinajstić information content (AvgIpc) is 3.00. The molecule has 4 rings (SSSR count). The predicted octanol–water partition coefficient (Wildman–Crippen LogP) is 2.47. The fourth-order valence-corrected chi connectivity index (χ4v) is 4.29. The van der Waals surface area contributed by atoms with Gasteiger partial charge in [0.2, 0.25) is 10.1 Å². The van der Waals surface area contributed by atoms with Crippen molar-refractivity contribution in [2.75, 3.05) is 25.1 Å². The molecule has 0 atom stereocenters. The summed E-state index contributed by atoms with van der Waals surface area (Å²) in [7, 11) is 1.59. The Labute approximate surface area is 172 Å². The van der Waals surface area contributed by atoms with E-state index in [0.29, 0.717) is 10.7 Å². The van der Waals surface area contributed by atoms with Crippen molar-refractivity contribution in [1.82, 2.24) is 19.9 Å². The first-order chi connectivity index (χ1) is 14.2. The van der Waals surface area contributed by atoms with Crippen molar-refractivity contribution >= 4 is 27.3 Å². The summed E-state index contributed by atoms with van der Waals surface area (Å²) in [5.41, 5.74) is 0.414. The second kappa shape index (κ2) is 8.60. The lowest BCUT2D eigenvalue weighted by molar-refractivity contribution is 0.0948. The minimum atomic E-state index is -0.468. The van der Waals surface area contributed by atoms with Gasteiger partial charge in [-0.15, -0.1) is 5.10 Å². The standard InChI is InChI=1S/C20H23N5O3S/c1-28-15-8-6-7-14(11-15)12-21-17(26)16-13-22-19-25(18(16)27)23-20(29-19)24-9-4-2-3-5-10-24/h6-8,11,13H,2-5,9-10,12H2,1H3,(H,21,26). The summed E-state index contributed by atoms with van der Waals surface area (Å²) in [5.74, 6) is 0.243. The van der Waals surface area contributed by atoms with Crippen LogP contribution in [-0.2, 0) is 6.54 Å². The van der Waals surface area contributed by atoms with E-state index in [1.807, 2.05) is 24.3 Å². The molecular weight excluding hydrogens is 390 g/mol. The maximum absolute atomic E-state index is 12.8. The van der Waals surface area contributed by atoms with Gasteiger partial charge >= 0.3 is 0 Å². The minimum Gasteiger partial charge on any atom is -0.497 e. The Morgan fingerprint density at radius 2 is 2.03 bits per heavy atom. The molecule has 9 heteroatoms. The highest BCUT2D eigenvalue weighted by molar-refractivity contribution is 7.20. The van der Waals surface area contributed by atoms with Gasteiger partial charge in [0.1, 0.15) is 11.3 Å². The summed E-state index contributed by atoms with van der Waals surface area (Å²) in [6.45, 7) is 2.15. The highest BCUT2D eigenvalue weighted by atomic mass is 32.1. The van der Waals surface area contributed by atoms with Gasteiger partial charge in [0, 0.05) is 25.8 Å². The summed E-state index contributed by atoms with van der Waals surface area (Å²) in [4.78, 5) is 32.4. The van der Waals surface area contributed by atoms with E-state index in [1.165, 1.54) is 34.9 Å². The quantitative estimate of drug-likeness (QED) is 0.691. The number of benzene rings is 1. The normalized spacial score (nSPS) is 14.6. The van der Waals surface area contributed by atoms with E-state index >= 15 is 0 Å². The Balaban J connectivity index is 1.53. The van der Waals surface area contributed by atoms with Crippen LogP contribution < -0.4 is 20.5 Å². The number of anilines is 1. The third-order valence-electron chi connectivity index (χ3n) is 4.98. The summed E-state index contributed by atoms with van der Waals surface area (Å²) in [6.07, 6.45) is 6.02. The highest BCUT2D eigenvalue weighted by Crippen LogP contribution is 2.24. The van der Waals surface area contributed by atoms with Gasteiger partial charge in [-0.3, -0.25) is 9.59 Å². The smallest absolute Gasteiger partial charge is 0.288 e. The molecule has 29 heavy (non-hydrogen) atoms. The molecule has 152 valence electrons. The van der Waals surface area contributed by atoms with Gasteiger partial charge in [-0.25, -0.2) is 4.98 Å². The largest absolute Gasteiger partial charge is 0.497 e. The molecule has 0 bridgehead atoms. The first kappa shape index (κ1) is 19.4. The Kier molecular flexibility index (Phi) is 5.75. The van der Waals surface area contributed by atoms with Crippen molar-refractivity contribution in [3.8, 4) is 5.75 Å². The molecular formula is C20H23N5O3S. The molecule has 0 spiro atoms. The number of fused-ring (bicyclic) bond motifs is 1. The monoisotopic (exact) mass is 413 g/mol. The summed E-state index contributed by atoms with van der Waals surface area (Å²) in [5, 5.41) is 8.00. The molecule has 1 aliphatic heterocycles. The molecule has 1 amide bonds. The van der Waals surface area contributed by atoms with Gasteiger partial charge in [0.15, 0.2) is 0 Å². The first-order valence-corrected chi connectivity index (χ1v) is 10.5. The van der Waals surface area contributed by atoms with Gasteiger partial charge < -0.3 is 15.0 Å². The van der Waals surface area contributed by atoms with Gasteiger partial charge in [-0.05, 0) is 30.5 Å². The second-order valence-electron chi connectivity index (χ2n) is 6.99. The van der Waals surface area contributed by atoms with Crippen molar-refractivity contribution in [1.29, 1.82) is 0 Å². The van der Waals surface area contributed by atoms with E-state index in [2.05, 4.69) is 20.3 Å². The number of amides is 1.